The normalized spacial score (nSPS) is 11.1. The van der Waals surface area contributed by atoms with Crippen LogP contribution >= 0.6 is 22.9 Å². The molecule has 10 heteroatoms. The maximum Gasteiger partial charge on any atom is 0.471 e. The van der Waals surface area contributed by atoms with Crippen LogP contribution in [0.25, 0.3) is 0 Å². The van der Waals surface area contributed by atoms with Crippen molar-refractivity contribution in [2.24, 2.45) is 0 Å². The molecule has 2 rings (SSSR count). The molecule has 2 amide bonds. The standard InChI is InChI=1S/C12H7ClF3N3O2S/c13-6-1-3-7(4-2-6)18-9(20)8-5-17-11(22-8)19-10(21)12(14,15)16/h1-5H,(H,18,20)(H,17,19,21). The van der Waals surface area contributed by atoms with E-state index in [4.69, 9.17) is 11.6 Å². The first-order valence-electron chi connectivity index (χ1n) is 5.66. The van der Waals surface area contributed by atoms with Gasteiger partial charge in [-0.05, 0) is 24.3 Å². The second-order valence-corrected chi connectivity index (χ2v) is 5.41. The Labute approximate surface area is 131 Å². The summed E-state index contributed by atoms with van der Waals surface area (Å²) >= 11 is 6.33. The zero-order valence-electron chi connectivity index (χ0n) is 10.6. The molecule has 1 heterocycles. The summed E-state index contributed by atoms with van der Waals surface area (Å²) in [6, 6.07) is 6.26. The van der Waals surface area contributed by atoms with E-state index in [1.807, 2.05) is 0 Å². The number of benzene rings is 1. The molecule has 0 atom stereocenters. The summed E-state index contributed by atoms with van der Waals surface area (Å²) in [4.78, 5) is 26.2. The number of aromatic nitrogens is 1. The number of nitrogens with one attached hydrogen (secondary N) is 2. The van der Waals surface area contributed by atoms with Gasteiger partial charge in [0.05, 0.1) is 6.20 Å². The number of amides is 2. The molecule has 0 fully saturated rings. The van der Waals surface area contributed by atoms with Gasteiger partial charge in [0.2, 0.25) is 0 Å². The lowest BCUT2D eigenvalue weighted by molar-refractivity contribution is -0.167. The molecule has 0 spiro atoms. The maximum atomic E-state index is 12.1. The number of anilines is 2. The fraction of sp³-hybridized carbons (Fsp3) is 0.0833. The number of hydrogen-bond donors (Lipinski definition) is 2. The van der Waals surface area contributed by atoms with Gasteiger partial charge in [-0.25, -0.2) is 4.98 Å². The molecule has 0 aliphatic heterocycles. The van der Waals surface area contributed by atoms with E-state index >= 15 is 0 Å². The van der Waals surface area contributed by atoms with Gasteiger partial charge in [0, 0.05) is 10.7 Å². The van der Waals surface area contributed by atoms with Crippen molar-refractivity contribution in [2.75, 3.05) is 10.6 Å². The number of thiazole rings is 1. The Kier molecular flexibility index (Phi) is 4.67. The van der Waals surface area contributed by atoms with Crippen LogP contribution in [0.15, 0.2) is 30.5 Å². The van der Waals surface area contributed by atoms with E-state index in [-0.39, 0.29) is 10.0 Å². The lowest BCUT2D eigenvalue weighted by Crippen LogP contribution is -2.29. The van der Waals surface area contributed by atoms with Crippen molar-refractivity contribution in [3.63, 3.8) is 0 Å². The van der Waals surface area contributed by atoms with E-state index in [9.17, 15) is 22.8 Å². The molecule has 0 saturated heterocycles. The quantitative estimate of drug-likeness (QED) is 0.890. The fourth-order valence-corrected chi connectivity index (χ4v) is 2.16. The van der Waals surface area contributed by atoms with Crippen LogP contribution in [0.3, 0.4) is 0 Å². The van der Waals surface area contributed by atoms with Crippen LogP contribution in [0.5, 0.6) is 0 Å². The van der Waals surface area contributed by atoms with Crippen molar-refractivity contribution in [3.8, 4) is 0 Å². The average Bonchev–Trinajstić information content (AvgIpc) is 2.89. The minimum atomic E-state index is -5.02. The zero-order valence-corrected chi connectivity index (χ0v) is 12.1. The minimum absolute atomic E-state index is 0.0485. The Morgan fingerprint density at radius 3 is 2.36 bits per heavy atom. The van der Waals surface area contributed by atoms with Crippen LogP contribution in [0, 0.1) is 0 Å². The van der Waals surface area contributed by atoms with Gasteiger partial charge in [-0.15, -0.1) is 0 Å². The number of carbonyl (C=O) groups excluding carboxylic acids is 2. The van der Waals surface area contributed by atoms with Crippen LogP contribution in [0.2, 0.25) is 5.02 Å². The third-order valence-corrected chi connectivity index (χ3v) is 3.47. The molecule has 2 N–H and O–H groups in total. The summed E-state index contributed by atoms with van der Waals surface area (Å²) in [7, 11) is 0. The molecule has 0 aliphatic carbocycles. The van der Waals surface area contributed by atoms with Gasteiger partial charge in [-0.3, -0.25) is 14.9 Å². The predicted octanol–water partition coefficient (Wildman–Crippen LogP) is 3.55. The van der Waals surface area contributed by atoms with E-state index in [0.717, 1.165) is 6.20 Å². The smallest absolute Gasteiger partial charge is 0.321 e. The highest BCUT2D eigenvalue weighted by Crippen LogP contribution is 2.23. The van der Waals surface area contributed by atoms with Crippen molar-refractivity contribution in [3.05, 3.63) is 40.4 Å². The van der Waals surface area contributed by atoms with Gasteiger partial charge in [-0.1, -0.05) is 22.9 Å². The van der Waals surface area contributed by atoms with Crippen LogP contribution in [-0.4, -0.2) is 23.0 Å². The second kappa shape index (κ2) is 6.32. The van der Waals surface area contributed by atoms with Crippen molar-refractivity contribution in [2.45, 2.75) is 6.18 Å². The molecule has 5 nitrogen and oxygen atoms in total. The van der Waals surface area contributed by atoms with Gasteiger partial charge in [0.25, 0.3) is 5.91 Å². The van der Waals surface area contributed by atoms with E-state index in [0.29, 0.717) is 22.0 Å². The molecule has 2 aromatic rings. The average molecular weight is 350 g/mol. The molecular weight excluding hydrogens is 343 g/mol. The highest BCUT2D eigenvalue weighted by atomic mass is 35.5. The summed E-state index contributed by atoms with van der Waals surface area (Å²) in [6.45, 7) is 0. The Bertz CT molecular complexity index is 700. The van der Waals surface area contributed by atoms with Crippen LogP contribution in [0.4, 0.5) is 24.0 Å². The summed E-state index contributed by atoms with van der Waals surface area (Å²) < 4.78 is 36.3. The molecule has 0 bridgehead atoms. The number of rotatable bonds is 3. The number of hydrogen-bond acceptors (Lipinski definition) is 4. The van der Waals surface area contributed by atoms with E-state index in [2.05, 4.69) is 10.3 Å². The molecule has 116 valence electrons. The topological polar surface area (TPSA) is 71.1 Å². The summed E-state index contributed by atoms with van der Waals surface area (Å²) in [5, 5.41) is 4.27. The first kappa shape index (κ1) is 16.2. The van der Waals surface area contributed by atoms with Gasteiger partial charge in [0.15, 0.2) is 5.13 Å². The highest BCUT2D eigenvalue weighted by molar-refractivity contribution is 7.17. The van der Waals surface area contributed by atoms with Crippen molar-refractivity contribution >= 4 is 45.6 Å². The third-order valence-electron chi connectivity index (χ3n) is 2.31. The number of carbonyl (C=O) groups is 2. The lowest BCUT2D eigenvalue weighted by atomic mass is 10.3. The lowest BCUT2D eigenvalue weighted by Gasteiger charge is -2.04. The Hall–Kier alpha value is -2.13. The number of alkyl halides is 3. The molecule has 0 unspecified atom stereocenters. The van der Waals surface area contributed by atoms with Crippen LogP contribution in [0.1, 0.15) is 9.67 Å². The van der Waals surface area contributed by atoms with Crippen molar-refractivity contribution < 1.29 is 22.8 Å². The van der Waals surface area contributed by atoms with Gasteiger partial charge in [0.1, 0.15) is 4.88 Å². The molecule has 0 aliphatic rings. The summed E-state index contributed by atoms with van der Waals surface area (Å²) in [6.07, 6.45) is -3.95. The molecule has 1 aromatic heterocycles. The van der Waals surface area contributed by atoms with Gasteiger partial charge >= 0.3 is 12.1 Å². The SMILES string of the molecule is O=C(Nc1ccc(Cl)cc1)c1cnc(NC(=O)C(F)(F)F)s1. The molecule has 1 aromatic carbocycles. The monoisotopic (exact) mass is 349 g/mol. The van der Waals surface area contributed by atoms with E-state index in [1.54, 1.807) is 29.6 Å². The molecular formula is C12H7ClF3N3O2S. The Balaban J connectivity index is 2.03. The summed E-state index contributed by atoms with van der Waals surface area (Å²) in [5.74, 6) is -2.71. The van der Waals surface area contributed by atoms with Crippen LogP contribution in [-0.2, 0) is 4.79 Å². The molecule has 0 saturated carbocycles. The van der Waals surface area contributed by atoms with Crippen molar-refractivity contribution in [1.82, 2.24) is 4.98 Å². The fourth-order valence-electron chi connectivity index (χ4n) is 1.33. The Morgan fingerprint density at radius 2 is 1.77 bits per heavy atom. The molecule has 22 heavy (non-hydrogen) atoms. The van der Waals surface area contributed by atoms with E-state index in [1.165, 1.54) is 0 Å². The minimum Gasteiger partial charge on any atom is -0.321 e. The first-order chi connectivity index (χ1) is 10.3. The van der Waals surface area contributed by atoms with Crippen molar-refractivity contribution in [1.29, 1.82) is 0 Å². The zero-order chi connectivity index (χ0) is 16.3. The third kappa shape index (κ3) is 4.18. The summed E-state index contributed by atoms with van der Waals surface area (Å²) in [5.41, 5.74) is 0.462. The number of nitrogens with zero attached hydrogens (tertiary/aromatic N) is 1. The van der Waals surface area contributed by atoms with Gasteiger partial charge in [-0.2, -0.15) is 13.2 Å². The first-order valence-corrected chi connectivity index (χ1v) is 6.86. The highest BCUT2D eigenvalue weighted by Gasteiger charge is 2.39. The van der Waals surface area contributed by atoms with E-state index < -0.39 is 18.0 Å². The number of halogens is 4. The predicted molar refractivity (Wildman–Crippen MR) is 76.2 cm³/mol. The molecule has 0 radical (unpaired) electrons. The Morgan fingerprint density at radius 1 is 1.14 bits per heavy atom. The van der Waals surface area contributed by atoms with Gasteiger partial charge < -0.3 is 5.32 Å². The maximum absolute atomic E-state index is 12.1. The van der Waals surface area contributed by atoms with Crippen LogP contribution < -0.4 is 10.6 Å². The largest absolute Gasteiger partial charge is 0.471 e. The second-order valence-electron chi connectivity index (χ2n) is 3.94.